The summed E-state index contributed by atoms with van der Waals surface area (Å²) in [6.45, 7) is 18.5. The lowest BCUT2D eigenvalue weighted by atomic mass is 9.76. The topological polar surface area (TPSA) is 213 Å². The Morgan fingerprint density at radius 2 is 1.40 bits per heavy atom. The van der Waals surface area contributed by atoms with Gasteiger partial charge in [-0.05, 0) is 62.3 Å². The van der Waals surface area contributed by atoms with Crippen molar-refractivity contribution < 1.29 is 48.1 Å². The highest BCUT2D eigenvalue weighted by atomic mass is 16.6. The first-order valence-electron chi connectivity index (χ1n) is 19.7. The van der Waals surface area contributed by atoms with Crippen molar-refractivity contribution >= 4 is 47.5 Å². The molecule has 0 spiro atoms. The molecule has 0 radical (unpaired) electrons. The summed E-state index contributed by atoms with van der Waals surface area (Å²) in [5.74, 6) is -3.49. The summed E-state index contributed by atoms with van der Waals surface area (Å²) < 4.78 is 10.9. The van der Waals surface area contributed by atoms with Crippen LogP contribution in [-0.4, -0.2) is 108 Å². The standard InChI is InChI=1S/C44H64N6O10/c1-27(2)33(47-40(57)60-43(7,8)9)36(52)45-25-32(51)46-31-21-19-29(20-22-31)26-59-41(58)50(13)35(44(10,11)30-17-15-14-16-18-30)37(53)48-34(42(4,5)6)38(54)49(12)24-23-28(3)39(55)56/h14-23,27,33-35H,24-26H2,1-13H3,(H,45,52)(H,46,51)(H,47,57)(H,48,53)(H,55,56)/b28-23+. The lowest BCUT2D eigenvalue weighted by Gasteiger charge is -2.41. The number of hydrogen-bond donors (Lipinski definition) is 5. The summed E-state index contributed by atoms with van der Waals surface area (Å²) in [7, 11) is 2.97. The number of nitrogens with one attached hydrogen (secondary N) is 4. The van der Waals surface area contributed by atoms with E-state index in [1.807, 2.05) is 44.2 Å². The molecule has 0 aliphatic rings. The average Bonchev–Trinajstić information content (AvgIpc) is 3.15. The zero-order valence-corrected chi connectivity index (χ0v) is 37.2. The van der Waals surface area contributed by atoms with E-state index in [1.165, 1.54) is 36.9 Å². The van der Waals surface area contributed by atoms with Gasteiger partial charge in [0.1, 0.15) is 30.3 Å². The lowest BCUT2D eigenvalue weighted by molar-refractivity contribution is -0.140. The van der Waals surface area contributed by atoms with Gasteiger partial charge in [-0.3, -0.25) is 24.1 Å². The second kappa shape index (κ2) is 21.4. The molecule has 0 saturated carbocycles. The van der Waals surface area contributed by atoms with Crippen LogP contribution in [0.4, 0.5) is 15.3 Å². The molecule has 0 aliphatic heterocycles. The molecule has 0 saturated heterocycles. The van der Waals surface area contributed by atoms with Crippen molar-refractivity contribution in [2.45, 2.75) is 112 Å². The molecule has 3 atom stereocenters. The van der Waals surface area contributed by atoms with Crippen molar-refractivity contribution in [2.24, 2.45) is 11.3 Å². The minimum absolute atomic E-state index is 0.00557. The third kappa shape index (κ3) is 15.3. The minimum atomic E-state index is -1.16. The van der Waals surface area contributed by atoms with Crippen LogP contribution in [0.15, 0.2) is 66.2 Å². The van der Waals surface area contributed by atoms with Crippen LogP contribution < -0.4 is 21.3 Å². The molecular weight excluding hydrogens is 773 g/mol. The molecule has 5 N–H and O–H groups in total. The first-order chi connectivity index (χ1) is 27.6. The van der Waals surface area contributed by atoms with Crippen LogP contribution in [0.2, 0.25) is 0 Å². The normalized spacial score (nSPS) is 13.5. The van der Waals surface area contributed by atoms with Gasteiger partial charge in [-0.15, -0.1) is 0 Å². The number of hydrogen-bond acceptors (Lipinski definition) is 9. The fraction of sp³-hybridized carbons (Fsp3) is 0.523. The molecule has 3 unspecified atom stereocenters. The highest BCUT2D eigenvalue weighted by Gasteiger charge is 2.45. The molecule has 60 heavy (non-hydrogen) atoms. The van der Waals surface area contributed by atoms with Gasteiger partial charge in [0.15, 0.2) is 0 Å². The highest BCUT2D eigenvalue weighted by Crippen LogP contribution is 2.32. The predicted octanol–water partition coefficient (Wildman–Crippen LogP) is 5.23. The summed E-state index contributed by atoms with van der Waals surface area (Å²) in [6.07, 6.45) is -0.140. The van der Waals surface area contributed by atoms with E-state index < -0.39 is 76.3 Å². The van der Waals surface area contributed by atoms with E-state index in [1.54, 1.807) is 79.7 Å². The molecule has 0 aromatic heterocycles. The predicted molar refractivity (Wildman–Crippen MR) is 228 cm³/mol. The number of carboxylic acids is 1. The Bertz CT molecular complexity index is 1860. The van der Waals surface area contributed by atoms with E-state index in [0.717, 1.165) is 5.56 Å². The van der Waals surface area contributed by atoms with Gasteiger partial charge in [-0.2, -0.15) is 0 Å². The number of carbonyl (C=O) groups excluding carboxylic acids is 6. The van der Waals surface area contributed by atoms with Crippen LogP contribution in [-0.2, 0) is 45.5 Å². The van der Waals surface area contributed by atoms with Crippen LogP contribution in [0, 0.1) is 11.3 Å². The largest absolute Gasteiger partial charge is 0.478 e. The molecule has 16 heteroatoms. The molecule has 0 bridgehead atoms. The van der Waals surface area contributed by atoms with Gasteiger partial charge in [-0.1, -0.05) is 97.0 Å². The number of amides is 6. The molecule has 2 aromatic rings. The van der Waals surface area contributed by atoms with E-state index in [2.05, 4.69) is 21.3 Å². The first-order valence-corrected chi connectivity index (χ1v) is 19.7. The molecule has 2 aromatic carbocycles. The number of carboxylic acid groups (broad SMARTS) is 1. The van der Waals surface area contributed by atoms with Gasteiger partial charge in [0.2, 0.25) is 23.6 Å². The van der Waals surface area contributed by atoms with Crippen molar-refractivity contribution in [3.05, 3.63) is 77.4 Å². The van der Waals surface area contributed by atoms with Crippen LogP contribution in [0.5, 0.6) is 0 Å². The van der Waals surface area contributed by atoms with Crippen LogP contribution in [0.1, 0.15) is 87.3 Å². The lowest BCUT2D eigenvalue weighted by Crippen LogP contribution is -2.62. The maximum absolute atomic E-state index is 14.4. The Hall–Kier alpha value is -5.93. The molecular formula is C44H64N6O10. The number of likely N-dealkylation sites (N-methyl/N-ethyl adjacent to an activating group) is 2. The fourth-order valence-electron chi connectivity index (χ4n) is 6.04. The quantitative estimate of drug-likeness (QED) is 0.131. The Morgan fingerprint density at radius 3 is 1.92 bits per heavy atom. The van der Waals surface area contributed by atoms with Crippen LogP contribution >= 0.6 is 0 Å². The number of rotatable bonds is 17. The monoisotopic (exact) mass is 836 g/mol. The third-order valence-electron chi connectivity index (χ3n) is 9.55. The van der Waals surface area contributed by atoms with Crippen molar-refractivity contribution in [1.82, 2.24) is 25.8 Å². The van der Waals surface area contributed by atoms with Gasteiger partial charge in [0.05, 0.1) is 6.54 Å². The average molecular weight is 837 g/mol. The molecule has 0 fully saturated rings. The van der Waals surface area contributed by atoms with Crippen molar-refractivity contribution in [3.8, 4) is 0 Å². The molecule has 2 rings (SSSR count). The number of anilines is 1. The van der Waals surface area contributed by atoms with Crippen molar-refractivity contribution in [3.63, 3.8) is 0 Å². The number of carbonyl (C=O) groups is 7. The van der Waals surface area contributed by atoms with E-state index in [0.29, 0.717) is 11.3 Å². The number of ether oxygens (including phenoxy) is 2. The van der Waals surface area contributed by atoms with Crippen molar-refractivity contribution in [1.29, 1.82) is 0 Å². The number of alkyl carbamates (subject to hydrolysis) is 1. The number of nitrogens with zero attached hydrogens (tertiary/aromatic N) is 2. The minimum Gasteiger partial charge on any atom is -0.478 e. The zero-order chi connectivity index (χ0) is 45.7. The summed E-state index contributed by atoms with van der Waals surface area (Å²) in [5, 5.41) is 19.9. The molecule has 0 aliphatic carbocycles. The Balaban J connectivity index is 2.18. The maximum atomic E-state index is 14.4. The smallest absolute Gasteiger partial charge is 0.410 e. The second-order valence-corrected chi connectivity index (χ2v) is 17.7. The van der Waals surface area contributed by atoms with Gasteiger partial charge >= 0.3 is 18.2 Å². The number of benzene rings is 2. The van der Waals surface area contributed by atoms with E-state index in [-0.39, 0.29) is 31.2 Å². The summed E-state index contributed by atoms with van der Waals surface area (Å²) in [5.41, 5.74) is -0.690. The molecule has 6 amide bonds. The SMILES string of the molecule is C/C(=C\CN(C)C(=O)C(NC(=O)C(N(C)C(=O)OCc1ccc(NC(=O)CNC(=O)C(NC(=O)OC(C)(C)C)C(C)C)cc1)C(C)(C)c1ccccc1)C(C)(C)C)C(=O)O. The molecule has 330 valence electrons. The van der Waals surface area contributed by atoms with Crippen LogP contribution in [0.25, 0.3) is 0 Å². The Morgan fingerprint density at radius 1 is 0.817 bits per heavy atom. The van der Waals surface area contributed by atoms with Crippen molar-refractivity contribution in [2.75, 3.05) is 32.5 Å². The molecule has 0 heterocycles. The van der Waals surface area contributed by atoms with E-state index in [9.17, 15) is 38.7 Å². The maximum Gasteiger partial charge on any atom is 0.410 e. The fourth-order valence-corrected chi connectivity index (χ4v) is 6.04. The Kier molecular flexibility index (Phi) is 17.9. The highest BCUT2D eigenvalue weighted by molar-refractivity contribution is 5.96. The van der Waals surface area contributed by atoms with Gasteiger partial charge in [-0.25, -0.2) is 14.4 Å². The van der Waals surface area contributed by atoms with Gasteiger partial charge < -0.3 is 40.7 Å². The first kappa shape index (κ1) is 50.2. The molecule has 16 nitrogen and oxygen atoms in total. The van der Waals surface area contributed by atoms with Gasteiger partial charge in [0.25, 0.3) is 0 Å². The second-order valence-electron chi connectivity index (χ2n) is 17.7. The van der Waals surface area contributed by atoms with Gasteiger partial charge in [0, 0.05) is 37.3 Å². The van der Waals surface area contributed by atoms with E-state index >= 15 is 0 Å². The number of aliphatic carboxylic acids is 1. The van der Waals surface area contributed by atoms with Crippen LogP contribution in [0.3, 0.4) is 0 Å². The van der Waals surface area contributed by atoms with E-state index in [4.69, 9.17) is 9.47 Å². The third-order valence-corrected chi connectivity index (χ3v) is 9.55. The zero-order valence-electron chi connectivity index (χ0n) is 37.2. The summed E-state index contributed by atoms with van der Waals surface area (Å²) >= 11 is 0. The Labute approximate surface area is 353 Å². The summed E-state index contributed by atoms with van der Waals surface area (Å²) in [4.78, 5) is 93.4. The summed E-state index contributed by atoms with van der Waals surface area (Å²) in [6, 6.07) is 12.5.